The molecule has 0 aromatic rings. The van der Waals surface area contributed by atoms with E-state index in [-0.39, 0.29) is 6.09 Å². The van der Waals surface area contributed by atoms with Gasteiger partial charge in [0.25, 0.3) is 0 Å². The number of amides is 1. The Balaban J connectivity index is 2.32. The Morgan fingerprint density at radius 2 is 1.77 bits per heavy atom. The lowest BCUT2D eigenvalue weighted by Gasteiger charge is -2.36. The second kappa shape index (κ2) is 8.82. The maximum absolute atomic E-state index is 12.0. The van der Waals surface area contributed by atoms with Gasteiger partial charge in [0.1, 0.15) is 5.60 Å². The van der Waals surface area contributed by atoms with Crippen molar-refractivity contribution in [2.24, 2.45) is 10.7 Å². The lowest BCUT2D eigenvalue weighted by atomic mass is 10.2. The van der Waals surface area contributed by atoms with E-state index in [0.29, 0.717) is 45.3 Å². The maximum atomic E-state index is 12.0. The number of rotatable bonds is 5. The molecule has 1 heterocycles. The molecule has 7 heteroatoms. The van der Waals surface area contributed by atoms with Crippen LogP contribution in [0.1, 0.15) is 34.1 Å². The molecule has 7 nitrogen and oxygen atoms in total. The van der Waals surface area contributed by atoms with Crippen LogP contribution in [0.15, 0.2) is 4.99 Å². The van der Waals surface area contributed by atoms with Crippen LogP contribution in [0, 0.1) is 0 Å². The normalized spacial score (nSPS) is 16.8. The molecule has 1 aliphatic rings. The molecule has 0 atom stereocenters. The molecule has 0 unspecified atom stereocenters. The predicted molar refractivity (Wildman–Crippen MR) is 87.0 cm³/mol. The molecule has 0 saturated carbocycles. The van der Waals surface area contributed by atoms with Gasteiger partial charge in [0.2, 0.25) is 0 Å². The zero-order valence-electron chi connectivity index (χ0n) is 14.3. The first-order chi connectivity index (χ1) is 10.3. The van der Waals surface area contributed by atoms with Crippen molar-refractivity contribution in [3.8, 4) is 0 Å². The van der Waals surface area contributed by atoms with Gasteiger partial charge in [-0.25, -0.2) is 4.79 Å². The molecular formula is C15H30N4O3. The second-order valence-electron chi connectivity index (χ2n) is 6.24. The van der Waals surface area contributed by atoms with Crippen molar-refractivity contribution in [1.82, 2.24) is 9.80 Å². The summed E-state index contributed by atoms with van der Waals surface area (Å²) in [6.07, 6.45) is 0.603. The quantitative estimate of drug-likeness (QED) is 0.470. The number of carbonyl (C=O) groups excluding carboxylic acids is 1. The topological polar surface area (TPSA) is 80.4 Å². The lowest BCUT2D eigenvalue weighted by Crippen LogP contribution is -2.53. The number of piperazine rings is 1. The van der Waals surface area contributed by atoms with Crippen molar-refractivity contribution in [1.29, 1.82) is 0 Å². The SMILES string of the molecule is CCOCCCN=C(N)N1CCN(C(=O)OC(C)(C)C)CC1. The molecule has 0 aromatic heterocycles. The highest BCUT2D eigenvalue weighted by Gasteiger charge is 2.26. The molecule has 0 bridgehead atoms. The average Bonchev–Trinajstić information content (AvgIpc) is 2.45. The first-order valence-corrected chi connectivity index (χ1v) is 7.94. The monoisotopic (exact) mass is 314 g/mol. The highest BCUT2D eigenvalue weighted by atomic mass is 16.6. The van der Waals surface area contributed by atoms with Gasteiger partial charge in [0.05, 0.1) is 0 Å². The average molecular weight is 314 g/mol. The zero-order valence-corrected chi connectivity index (χ0v) is 14.3. The number of nitrogens with zero attached hydrogens (tertiary/aromatic N) is 3. The number of aliphatic imine (C=N–C) groups is 1. The van der Waals surface area contributed by atoms with Crippen molar-refractivity contribution < 1.29 is 14.3 Å². The van der Waals surface area contributed by atoms with E-state index in [0.717, 1.165) is 13.0 Å². The van der Waals surface area contributed by atoms with Crippen molar-refractivity contribution >= 4 is 12.1 Å². The number of hydrogen-bond acceptors (Lipinski definition) is 4. The van der Waals surface area contributed by atoms with Crippen molar-refractivity contribution in [3.05, 3.63) is 0 Å². The summed E-state index contributed by atoms with van der Waals surface area (Å²) in [5, 5.41) is 0. The molecule has 1 amide bonds. The summed E-state index contributed by atoms with van der Waals surface area (Å²) in [4.78, 5) is 20.0. The van der Waals surface area contributed by atoms with Gasteiger partial charge in [-0.05, 0) is 34.1 Å². The Kier molecular flexibility index (Phi) is 7.44. The first-order valence-electron chi connectivity index (χ1n) is 7.94. The summed E-state index contributed by atoms with van der Waals surface area (Å²) in [7, 11) is 0. The van der Waals surface area contributed by atoms with E-state index in [2.05, 4.69) is 4.99 Å². The van der Waals surface area contributed by atoms with E-state index in [9.17, 15) is 4.79 Å². The third-order valence-electron chi connectivity index (χ3n) is 3.18. The van der Waals surface area contributed by atoms with Crippen LogP contribution in [0.3, 0.4) is 0 Å². The van der Waals surface area contributed by atoms with Crippen LogP contribution in [-0.4, -0.2) is 73.4 Å². The van der Waals surface area contributed by atoms with Crippen LogP contribution in [-0.2, 0) is 9.47 Å². The number of hydrogen-bond donors (Lipinski definition) is 1. The highest BCUT2D eigenvalue weighted by Crippen LogP contribution is 2.11. The van der Waals surface area contributed by atoms with Gasteiger partial charge in [0, 0.05) is 45.9 Å². The smallest absolute Gasteiger partial charge is 0.410 e. The molecule has 1 saturated heterocycles. The van der Waals surface area contributed by atoms with Crippen molar-refractivity contribution in [2.75, 3.05) is 45.9 Å². The Morgan fingerprint density at radius 3 is 2.32 bits per heavy atom. The molecule has 2 N–H and O–H groups in total. The number of nitrogens with two attached hydrogens (primary N) is 1. The van der Waals surface area contributed by atoms with Gasteiger partial charge in [0.15, 0.2) is 5.96 Å². The summed E-state index contributed by atoms with van der Waals surface area (Å²) in [6, 6.07) is 0. The Labute approximate surface area is 133 Å². The largest absolute Gasteiger partial charge is 0.444 e. The van der Waals surface area contributed by atoms with Crippen LogP contribution >= 0.6 is 0 Å². The fourth-order valence-electron chi connectivity index (χ4n) is 2.05. The summed E-state index contributed by atoms with van der Waals surface area (Å²) in [5.74, 6) is 0.542. The summed E-state index contributed by atoms with van der Waals surface area (Å²) >= 11 is 0. The molecule has 1 fully saturated rings. The fraction of sp³-hybridized carbons (Fsp3) is 0.867. The third kappa shape index (κ3) is 6.98. The van der Waals surface area contributed by atoms with E-state index in [1.807, 2.05) is 32.6 Å². The Hall–Kier alpha value is -1.50. The van der Waals surface area contributed by atoms with Crippen LogP contribution in [0.25, 0.3) is 0 Å². The van der Waals surface area contributed by atoms with Gasteiger partial charge in [-0.1, -0.05) is 0 Å². The molecule has 0 radical (unpaired) electrons. The van der Waals surface area contributed by atoms with E-state index in [1.54, 1.807) is 4.90 Å². The van der Waals surface area contributed by atoms with Crippen LogP contribution < -0.4 is 5.73 Å². The van der Waals surface area contributed by atoms with Crippen molar-refractivity contribution in [3.63, 3.8) is 0 Å². The molecule has 1 rings (SSSR count). The molecular weight excluding hydrogens is 284 g/mol. The predicted octanol–water partition coefficient (Wildman–Crippen LogP) is 1.28. The Morgan fingerprint density at radius 1 is 1.18 bits per heavy atom. The van der Waals surface area contributed by atoms with Crippen LogP contribution in [0.4, 0.5) is 4.79 Å². The standard InChI is InChI=1S/C15H30N4O3/c1-5-21-12-6-7-17-13(16)18-8-10-19(11-9-18)14(20)22-15(2,3)4/h5-12H2,1-4H3,(H2,16,17). The van der Waals surface area contributed by atoms with Gasteiger partial charge in [-0.2, -0.15) is 0 Å². The summed E-state index contributed by atoms with van der Waals surface area (Å²) < 4.78 is 10.6. The molecule has 0 aromatic carbocycles. The maximum Gasteiger partial charge on any atom is 0.410 e. The first kappa shape index (κ1) is 18.5. The second-order valence-corrected chi connectivity index (χ2v) is 6.24. The van der Waals surface area contributed by atoms with Crippen LogP contribution in [0.5, 0.6) is 0 Å². The van der Waals surface area contributed by atoms with Gasteiger partial charge in [-0.15, -0.1) is 0 Å². The zero-order chi connectivity index (χ0) is 16.6. The molecule has 1 aliphatic heterocycles. The third-order valence-corrected chi connectivity index (χ3v) is 3.18. The van der Waals surface area contributed by atoms with E-state index >= 15 is 0 Å². The van der Waals surface area contributed by atoms with Gasteiger partial charge < -0.3 is 25.0 Å². The molecule has 0 aliphatic carbocycles. The van der Waals surface area contributed by atoms with Gasteiger partial charge >= 0.3 is 6.09 Å². The lowest BCUT2D eigenvalue weighted by molar-refractivity contribution is 0.0186. The number of carbonyl (C=O) groups is 1. The highest BCUT2D eigenvalue weighted by molar-refractivity contribution is 5.78. The molecule has 0 spiro atoms. The number of guanidine groups is 1. The van der Waals surface area contributed by atoms with E-state index in [4.69, 9.17) is 15.2 Å². The Bertz CT molecular complexity index is 371. The summed E-state index contributed by atoms with van der Waals surface area (Å²) in [5.41, 5.74) is 5.52. The fourth-order valence-corrected chi connectivity index (χ4v) is 2.05. The minimum Gasteiger partial charge on any atom is -0.444 e. The minimum atomic E-state index is -0.463. The summed E-state index contributed by atoms with van der Waals surface area (Å²) in [6.45, 7) is 12.2. The molecule has 128 valence electrons. The van der Waals surface area contributed by atoms with Crippen molar-refractivity contribution in [2.45, 2.75) is 39.7 Å². The van der Waals surface area contributed by atoms with E-state index in [1.165, 1.54) is 0 Å². The molecule has 22 heavy (non-hydrogen) atoms. The minimum absolute atomic E-state index is 0.264. The van der Waals surface area contributed by atoms with Crippen LogP contribution in [0.2, 0.25) is 0 Å². The van der Waals surface area contributed by atoms with Gasteiger partial charge in [-0.3, -0.25) is 4.99 Å². The van der Waals surface area contributed by atoms with E-state index < -0.39 is 5.60 Å². The number of ether oxygens (including phenoxy) is 2.